The van der Waals surface area contributed by atoms with Gasteiger partial charge in [0.2, 0.25) is 0 Å². The second-order valence-electron chi connectivity index (χ2n) is 4.02. The van der Waals surface area contributed by atoms with Crippen molar-refractivity contribution in [2.75, 3.05) is 7.05 Å². The zero-order valence-corrected chi connectivity index (χ0v) is 9.81. The fourth-order valence-electron chi connectivity index (χ4n) is 1.85. The monoisotopic (exact) mass is 245 g/mol. The van der Waals surface area contributed by atoms with Crippen LogP contribution in [0.2, 0.25) is 0 Å². The minimum atomic E-state index is -0.280. The lowest BCUT2D eigenvalue weighted by Gasteiger charge is -1.95. The summed E-state index contributed by atoms with van der Waals surface area (Å²) >= 11 is 0. The maximum Gasteiger partial charge on any atom is 0.251 e. The molecule has 0 aliphatic carbocycles. The molecule has 0 amide bonds. The second kappa shape index (κ2) is 4.23. The van der Waals surface area contributed by atoms with Crippen molar-refractivity contribution in [3.05, 3.63) is 42.0 Å². The lowest BCUT2D eigenvalue weighted by Crippen LogP contribution is -2.05. The van der Waals surface area contributed by atoms with Crippen LogP contribution in [0.3, 0.4) is 0 Å². The number of rotatable bonds is 3. The van der Waals surface area contributed by atoms with E-state index < -0.39 is 0 Å². The third-order valence-electron chi connectivity index (χ3n) is 2.63. The van der Waals surface area contributed by atoms with E-state index in [2.05, 4.69) is 20.4 Å². The quantitative estimate of drug-likeness (QED) is 0.736. The van der Waals surface area contributed by atoms with Gasteiger partial charge in [0.05, 0.1) is 11.9 Å². The van der Waals surface area contributed by atoms with Crippen LogP contribution in [0.15, 0.2) is 30.5 Å². The fourth-order valence-corrected chi connectivity index (χ4v) is 1.85. The number of fused-ring (bicyclic) bond motifs is 1. The van der Waals surface area contributed by atoms with Crippen LogP contribution >= 0.6 is 0 Å². The Morgan fingerprint density at radius 2 is 2.28 bits per heavy atom. The fraction of sp³-hybridized carbons (Fsp3) is 0.167. The highest BCUT2D eigenvalue weighted by Gasteiger charge is 2.08. The summed E-state index contributed by atoms with van der Waals surface area (Å²) in [5.41, 5.74) is 1.61. The van der Waals surface area contributed by atoms with Gasteiger partial charge in [-0.25, -0.2) is 13.9 Å². The minimum Gasteiger partial charge on any atom is -0.314 e. The van der Waals surface area contributed by atoms with E-state index in [1.165, 1.54) is 12.1 Å². The van der Waals surface area contributed by atoms with Crippen LogP contribution in [0.5, 0.6) is 0 Å². The van der Waals surface area contributed by atoms with Crippen molar-refractivity contribution in [3.8, 4) is 11.4 Å². The zero-order chi connectivity index (χ0) is 12.5. The SMILES string of the molecule is CNCc1cn2[nH]c(-c3cccc(F)c3)nc2n1. The molecule has 0 aliphatic rings. The van der Waals surface area contributed by atoms with E-state index in [-0.39, 0.29) is 5.82 Å². The van der Waals surface area contributed by atoms with Gasteiger partial charge in [0, 0.05) is 12.1 Å². The predicted octanol–water partition coefficient (Wildman–Crippen LogP) is 1.58. The van der Waals surface area contributed by atoms with Crippen LogP contribution in [0.25, 0.3) is 17.2 Å². The standard InChI is InChI=1S/C12H12FN5/c1-14-6-10-7-18-12(15-10)16-11(17-18)8-3-2-4-9(13)5-8/h2-5,7,14H,6H2,1H3,(H,15,16,17). The maximum absolute atomic E-state index is 13.1. The molecule has 3 rings (SSSR count). The molecular weight excluding hydrogens is 233 g/mol. The largest absolute Gasteiger partial charge is 0.314 e. The summed E-state index contributed by atoms with van der Waals surface area (Å²) in [4.78, 5) is 8.66. The average Bonchev–Trinajstić information content (AvgIpc) is 2.87. The van der Waals surface area contributed by atoms with Gasteiger partial charge in [0.15, 0.2) is 5.82 Å². The van der Waals surface area contributed by atoms with Crippen LogP contribution < -0.4 is 5.32 Å². The summed E-state index contributed by atoms with van der Waals surface area (Å²) in [7, 11) is 1.86. The number of benzene rings is 1. The summed E-state index contributed by atoms with van der Waals surface area (Å²) in [6, 6.07) is 6.30. The first kappa shape index (κ1) is 10.9. The molecule has 1 aromatic carbocycles. The third kappa shape index (κ3) is 1.86. The van der Waals surface area contributed by atoms with Crippen LogP contribution in [-0.4, -0.2) is 26.6 Å². The molecule has 3 aromatic rings. The van der Waals surface area contributed by atoms with Crippen LogP contribution in [-0.2, 0) is 6.54 Å². The summed E-state index contributed by atoms with van der Waals surface area (Å²) in [6.07, 6.45) is 1.86. The highest BCUT2D eigenvalue weighted by atomic mass is 19.1. The molecule has 0 saturated carbocycles. The van der Waals surface area contributed by atoms with Gasteiger partial charge in [-0.15, -0.1) is 0 Å². The van der Waals surface area contributed by atoms with Gasteiger partial charge in [0.25, 0.3) is 5.78 Å². The average molecular weight is 245 g/mol. The number of imidazole rings is 1. The number of nitrogens with zero attached hydrogens (tertiary/aromatic N) is 3. The molecule has 2 N–H and O–H groups in total. The first-order chi connectivity index (χ1) is 8.76. The molecule has 0 unspecified atom stereocenters. The first-order valence-corrected chi connectivity index (χ1v) is 5.61. The normalized spacial score (nSPS) is 11.2. The van der Waals surface area contributed by atoms with Gasteiger partial charge in [-0.3, -0.25) is 5.10 Å². The van der Waals surface area contributed by atoms with Gasteiger partial charge in [-0.05, 0) is 19.2 Å². The Balaban J connectivity index is 2.01. The molecule has 0 spiro atoms. The van der Waals surface area contributed by atoms with E-state index in [9.17, 15) is 4.39 Å². The van der Waals surface area contributed by atoms with Crippen LogP contribution in [0.4, 0.5) is 4.39 Å². The predicted molar refractivity (Wildman–Crippen MR) is 65.5 cm³/mol. The Kier molecular flexibility index (Phi) is 2.56. The molecule has 6 heteroatoms. The van der Waals surface area contributed by atoms with Crippen molar-refractivity contribution in [3.63, 3.8) is 0 Å². The summed E-state index contributed by atoms with van der Waals surface area (Å²) in [5, 5.41) is 6.09. The van der Waals surface area contributed by atoms with E-state index in [0.717, 1.165) is 5.69 Å². The summed E-state index contributed by atoms with van der Waals surface area (Å²) < 4.78 is 14.9. The molecule has 0 bridgehead atoms. The zero-order valence-electron chi connectivity index (χ0n) is 9.81. The minimum absolute atomic E-state index is 0.280. The smallest absolute Gasteiger partial charge is 0.251 e. The number of hydrogen-bond donors (Lipinski definition) is 2. The maximum atomic E-state index is 13.1. The molecule has 2 heterocycles. The Morgan fingerprint density at radius 3 is 3.00 bits per heavy atom. The molecule has 92 valence electrons. The van der Waals surface area contributed by atoms with Crippen molar-refractivity contribution in [1.29, 1.82) is 0 Å². The van der Waals surface area contributed by atoms with Crippen LogP contribution in [0.1, 0.15) is 5.69 Å². The van der Waals surface area contributed by atoms with E-state index in [4.69, 9.17) is 0 Å². The van der Waals surface area contributed by atoms with Crippen molar-refractivity contribution >= 4 is 5.78 Å². The van der Waals surface area contributed by atoms with Gasteiger partial charge in [-0.2, -0.15) is 4.98 Å². The second-order valence-corrected chi connectivity index (χ2v) is 4.02. The first-order valence-electron chi connectivity index (χ1n) is 5.61. The summed E-state index contributed by atoms with van der Waals surface area (Å²) in [6.45, 7) is 0.687. The molecule has 0 atom stereocenters. The molecule has 0 fully saturated rings. The topological polar surface area (TPSA) is 58.0 Å². The van der Waals surface area contributed by atoms with E-state index in [0.29, 0.717) is 23.7 Å². The van der Waals surface area contributed by atoms with E-state index in [1.54, 1.807) is 16.6 Å². The molecule has 0 radical (unpaired) electrons. The Labute approximate surface area is 103 Å². The molecule has 5 nitrogen and oxygen atoms in total. The molecule has 0 saturated heterocycles. The highest BCUT2D eigenvalue weighted by Crippen LogP contribution is 2.17. The Morgan fingerprint density at radius 1 is 1.39 bits per heavy atom. The van der Waals surface area contributed by atoms with Gasteiger partial charge >= 0.3 is 0 Å². The third-order valence-corrected chi connectivity index (χ3v) is 2.63. The van der Waals surface area contributed by atoms with Gasteiger partial charge in [-0.1, -0.05) is 12.1 Å². The number of H-pyrrole nitrogens is 1. The van der Waals surface area contributed by atoms with Crippen molar-refractivity contribution in [2.24, 2.45) is 0 Å². The lowest BCUT2D eigenvalue weighted by molar-refractivity contribution is 0.628. The van der Waals surface area contributed by atoms with Crippen LogP contribution in [0, 0.1) is 5.82 Å². The Bertz CT molecular complexity index is 653. The number of hydrogen-bond acceptors (Lipinski definition) is 3. The summed E-state index contributed by atoms with van der Waals surface area (Å²) in [5.74, 6) is 0.907. The Hall–Kier alpha value is -2.21. The number of aromatic nitrogens is 4. The van der Waals surface area contributed by atoms with Crippen molar-refractivity contribution < 1.29 is 4.39 Å². The number of halogens is 1. The molecule has 18 heavy (non-hydrogen) atoms. The lowest BCUT2D eigenvalue weighted by atomic mass is 10.2. The molecular formula is C12H12FN5. The molecule has 2 aromatic heterocycles. The van der Waals surface area contributed by atoms with Gasteiger partial charge in [0.1, 0.15) is 5.82 Å². The van der Waals surface area contributed by atoms with Crippen molar-refractivity contribution in [1.82, 2.24) is 24.9 Å². The molecule has 0 aliphatic heterocycles. The van der Waals surface area contributed by atoms with E-state index >= 15 is 0 Å². The number of aromatic amines is 1. The number of nitrogens with one attached hydrogen (secondary N) is 2. The van der Waals surface area contributed by atoms with Gasteiger partial charge < -0.3 is 5.32 Å². The highest BCUT2D eigenvalue weighted by molar-refractivity contribution is 5.56. The van der Waals surface area contributed by atoms with Crippen molar-refractivity contribution in [2.45, 2.75) is 6.54 Å². The van der Waals surface area contributed by atoms with E-state index in [1.807, 2.05) is 13.2 Å².